The molecular weight excluding hydrogens is 481 g/mol. The van der Waals surface area contributed by atoms with Crippen molar-refractivity contribution in [1.82, 2.24) is 24.8 Å². The number of thiazole rings is 1. The molecule has 2 amide bonds. The molecule has 2 aromatic heterocycles. The van der Waals surface area contributed by atoms with Gasteiger partial charge in [-0.25, -0.2) is 19.2 Å². The largest absolute Gasteiger partial charge is 0.444 e. The first-order chi connectivity index (χ1) is 17.0. The molecule has 1 unspecified atom stereocenters. The third-order valence-electron chi connectivity index (χ3n) is 5.69. The maximum Gasteiger partial charge on any atom is 0.411 e. The molecule has 3 aromatic rings. The van der Waals surface area contributed by atoms with E-state index in [0.29, 0.717) is 34.2 Å². The molecule has 1 N–H and O–H groups in total. The van der Waals surface area contributed by atoms with Gasteiger partial charge in [-0.05, 0) is 78.1 Å². The number of hydrogen-bond donors (Lipinski definition) is 1. The van der Waals surface area contributed by atoms with Gasteiger partial charge in [-0.1, -0.05) is 0 Å². The summed E-state index contributed by atoms with van der Waals surface area (Å²) in [4.78, 5) is 36.7. The van der Waals surface area contributed by atoms with Crippen LogP contribution in [0.5, 0.6) is 0 Å². The summed E-state index contributed by atoms with van der Waals surface area (Å²) in [5, 5.41) is 5.17. The van der Waals surface area contributed by atoms with Crippen LogP contribution in [0.3, 0.4) is 0 Å². The van der Waals surface area contributed by atoms with E-state index >= 15 is 0 Å². The van der Waals surface area contributed by atoms with Gasteiger partial charge in [0.25, 0.3) is 5.91 Å². The van der Waals surface area contributed by atoms with Gasteiger partial charge in [0.2, 0.25) is 0 Å². The predicted octanol–water partition coefficient (Wildman–Crippen LogP) is 5.87. The molecule has 0 spiro atoms. The Labute approximate surface area is 214 Å². The Morgan fingerprint density at radius 3 is 2.58 bits per heavy atom. The SMILES string of the molecule is CC(C)NC(=O)c1csc(-c2c(-c3ccc(F)cc3)ncn2C2CCCCN2C(=O)OC(C)(C)C)n1. The van der Waals surface area contributed by atoms with E-state index in [1.54, 1.807) is 28.7 Å². The van der Waals surface area contributed by atoms with E-state index in [1.807, 2.05) is 39.2 Å². The number of piperidine rings is 1. The van der Waals surface area contributed by atoms with Crippen molar-refractivity contribution in [1.29, 1.82) is 0 Å². The van der Waals surface area contributed by atoms with E-state index in [-0.39, 0.29) is 30.0 Å². The number of nitrogens with zero attached hydrogens (tertiary/aromatic N) is 4. The number of ether oxygens (including phenoxy) is 1. The Kier molecular flexibility index (Phi) is 7.44. The Hall–Kier alpha value is -3.27. The standard InChI is InChI=1S/C26H32FN5O3S/c1-16(2)29-23(33)19-14-36-24(30-19)22-21(17-9-11-18(27)12-10-17)28-15-32(22)20-8-6-7-13-31(20)25(34)35-26(3,4)5/h9-12,14-16,20H,6-8,13H2,1-5H3,(H,29,33). The number of nitrogens with one attached hydrogen (secondary N) is 1. The second-order valence-corrected chi connectivity index (χ2v) is 11.0. The third-order valence-corrected chi connectivity index (χ3v) is 6.54. The average Bonchev–Trinajstić information content (AvgIpc) is 3.45. The number of amides is 2. The first-order valence-electron chi connectivity index (χ1n) is 12.1. The van der Waals surface area contributed by atoms with E-state index in [0.717, 1.165) is 19.3 Å². The summed E-state index contributed by atoms with van der Waals surface area (Å²) < 4.78 is 21.3. The second-order valence-electron chi connectivity index (χ2n) is 10.2. The summed E-state index contributed by atoms with van der Waals surface area (Å²) in [6.07, 6.45) is 3.51. The van der Waals surface area contributed by atoms with E-state index < -0.39 is 5.60 Å². The van der Waals surface area contributed by atoms with Crippen LogP contribution in [0, 0.1) is 5.82 Å². The molecule has 1 atom stereocenters. The van der Waals surface area contributed by atoms with Crippen molar-refractivity contribution in [2.24, 2.45) is 0 Å². The predicted molar refractivity (Wildman–Crippen MR) is 137 cm³/mol. The zero-order valence-corrected chi connectivity index (χ0v) is 22.1. The number of rotatable bonds is 5. The minimum absolute atomic E-state index is 0.0208. The van der Waals surface area contributed by atoms with Crippen LogP contribution < -0.4 is 5.32 Å². The van der Waals surface area contributed by atoms with E-state index in [1.165, 1.54) is 23.5 Å². The van der Waals surface area contributed by atoms with Gasteiger partial charge in [-0.2, -0.15) is 0 Å². The average molecular weight is 514 g/mol. The van der Waals surface area contributed by atoms with Gasteiger partial charge in [0.15, 0.2) is 0 Å². The Morgan fingerprint density at radius 2 is 1.92 bits per heavy atom. The van der Waals surface area contributed by atoms with Gasteiger partial charge in [-0.3, -0.25) is 9.69 Å². The molecule has 1 aliphatic heterocycles. The molecule has 1 aromatic carbocycles. The Morgan fingerprint density at radius 1 is 1.19 bits per heavy atom. The highest BCUT2D eigenvalue weighted by molar-refractivity contribution is 7.13. The molecule has 192 valence electrons. The molecule has 10 heteroatoms. The molecular formula is C26H32FN5O3S. The lowest BCUT2D eigenvalue weighted by Crippen LogP contribution is -2.44. The second kappa shape index (κ2) is 10.4. The van der Waals surface area contributed by atoms with Crippen LogP contribution in [0.25, 0.3) is 22.0 Å². The van der Waals surface area contributed by atoms with Gasteiger partial charge >= 0.3 is 6.09 Å². The van der Waals surface area contributed by atoms with Gasteiger partial charge in [0.05, 0.1) is 12.0 Å². The van der Waals surface area contributed by atoms with Crippen molar-refractivity contribution < 1.29 is 18.7 Å². The Balaban J connectivity index is 1.79. The molecule has 3 heterocycles. The number of aromatic nitrogens is 3. The van der Waals surface area contributed by atoms with E-state index in [9.17, 15) is 14.0 Å². The number of hydrogen-bond acceptors (Lipinski definition) is 6. The summed E-state index contributed by atoms with van der Waals surface area (Å²) in [6.45, 7) is 9.88. The molecule has 0 saturated carbocycles. The third kappa shape index (κ3) is 5.75. The quantitative estimate of drug-likeness (QED) is 0.461. The fourth-order valence-corrected chi connectivity index (χ4v) is 5.03. The van der Waals surface area contributed by atoms with Crippen LogP contribution in [0.4, 0.5) is 9.18 Å². The number of carbonyl (C=O) groups is 2. The highest BCUT2D eigenvalue weighted by Gasteiger charge is 2.34. The first kappa shape index (κ1) is 25.8. The summed E-state index contributed by atoms with van der Waals surface area (Å²) >= 11 is 1.33. The normalized spacial score (nSPS) is 16.3. The van der Waals surface area contributed by atoms with Crippen LogP contribution in [0.1, 0.15) is 70.5 Å². The maximum absolute atomic E-state index is 13.7. The Bertz CT molecular complexity index is 1230. The molecule has 0 aliphatic carbocycles. The van der Waals surface area contributed by atoms with Crippen LogP contribution >= 0.6 is 11.3 Å². The van der Waals surface area contributed by atoms with Crippen LogP contribution in [-0.4, -0.2) is 49.6 Å². The van der Waals surface area contributed by atoms with Crippen LogP contribution in [-0.2, 0) is 4.74 Å². The van der Waals surface area contributed by atoms with E-state index in [2.05, 4.69) is 15.3 Å². The van der Waals surface area contributed by atoms with Crippen molar-refractivity contribution in [3.8, 4) is 22.0 Å². The minimum Gasteiger partial charge on any atom is -0.444 e. The lowest BCUT2D eigenvalue weighted by atomic mass is 10.1. The summed E-state index contributed by atoms with van der Waals surface area (Å²) in [5.41, 5.74) is 1.69. The summed E-state index contributed by atoms with van der Waals surface area (Å²) in [5.74, 6) is -0.597. The zero-order chi connectivity index (χ0) is 26.0. The molecule has 0 bridgehead atoms. The van der Waals surface area contributed by atoms with Gasteiger partial charge in [0.1, 0.15) is 34.0 Å². The highest BCUT2D eigenvalue weighted by atomic mass is 32.1. The van der Waals surface area contributed by atoms with Crippen molar-refractivity contribution >= 4 is 23.3 Å². The lowest BCUT2D eigenvalue weighted by molar-refractivity contribution is -0.000898. The molecule has 1 saturated heterocycles. The minimum atomic E-state index is -0.621. The zero-order valence-electron chi connectivity index (χ0n) is 21.2. The number of halogens is 1. The molecule has 36 heavy (non-hydrogen) atoms. The number of imidazole rings is 1. The topological polar surface area (TPSA) is 89.4 Å². The molecule has 1 fully saturated rings. The van der Waals surface area contributed by atoms with Crippen LogP contribution in [0.2, 0.25) is 0 Å². The maximum atomic E-state index is 13.7. The number of benzene rings is 1. The van der Waals surface area contributed by atoms with Crippen molar-refractivity contribution in [3.05, 3.63) is 47.5 Å². The molecule has 8 nitrogen and oxygen atoms in total. The lowest BCUT2D eigenvalue weighted by Gasteiger charge is -2.37. The fourth-order valence-electron chi connectivity index (χ4n) is 4.18. The van der Waals surface area contributed by atoms with Gasteiger partial charge < -0.3 is 14.6 Å². The van der Waals surface area contributed by atoms with Crippen molar-refractivity contribution in [2.45, 2.75) is 71.7 Å². The molecule has 4 rings (SSSR count). The number of likely N-dealkylation sites (tertiary alicyclic amines) is 1. The first-order valence-corrected chi connectivity index (χ1v) is 13.0. The van der Waals surface area contributed by atoms with Crippen molar-refractivity contribution in [3.63, 3.8) is 0 Å². The summed E-state index contributed by atoms with van der Waals surface area (Å²) in [6, 6.07) is 6.08. The molecule has 0 radical (unpaired) electrons. The summed E-state index contributed by atoms with van der Waals surface area (Å²) in [7, 11) is 0. The van der Waals surface area contributed by atoms with Gasteiger partial charge in [0, 0.05) is 23.5 Å². The van der Waals surface area contributed by atoms with E-state index in [4.69, 9.17) is 4.74 Å². The highest BCUT2D eigenvalue weighted by Crippen LogP contribution is 2.38. The smallest absolute Gasteiger partial charge is 0.411 e. The monoisotopic (exact) mass is 513 g/mol. The molecule has 1 aliphatic rings. The fraction of sp³-hybridized carbons (Fsp3) is 0.462. The van der Waals surface area contributed by atoms with Crippen LogP contribution in [0.15, 0.2) is 36.0 Å². The number of carbonyl (C=O) groups excluding carboxylic acids is 2. The van der Waals surface area contributed by atoms with Crippen molar-refractivity contribution in [2.75, 3.05) is 6.54 Å². The van der Waals surface area contributed by atoms with Gasteiger partial charge in [-0.15, -0.1) is 11.3 Å².